The third-order valence-electron chi connectivity index (χ3n) is 9.01. The molecule has 1 unspecified atom stereocenters. The Morgan fingerprint density at radius 1 is 1.00 bits per heavy atom. The molecule has 3 aromatic rings. The van der Waals surface area contributed by atoms with Gasteiger partial charge in [0.15, 0.2) is 0 Å². The Bertz CT molecular complexity index is 1560. The van der Waals surface area contributed by atoms with Crippen molar-refractivity contribution >= 4 is 28.3 Å². The summed E-state index contributed by atoms with van der Waals surface area (Å²) in [5.74, 6) is 0.397. The number of fused-ring (bicyclic) bond motifs is 1. The van der Waals surface area contributed by atoms with Crippen molar-refractivity contribution in [3.63, 3.8) is 0 Å². The predicted octanol–water partition coefficient (Wildman–Crippen LogP) is 7.05. The van der Waals surface area contributed by atoms with Crippen molar-refractivity contribution < 1.29 is 45.2 Å². The highest BCUT2D eigenvalue weighted by Crippen LogP contribution is 2.39. The van der Waals surface area contributed by atoms with Gasteiger partial charge in [-0.1, -0.05) is 0 Å². The highest BCUT2D eigenvalue weighted by atomic mass is 19.4. The van der Waals surface area contributed by atoms with Crippen molar-refractivity contribution in [3.05, 3.63) is 69.5 Å². The van der Waals surface area contributed by atoms with Gasteiger partial charge in [0, 0.05) is 56.4 Å². The molecule has 2 fully saturated rings. The monoisotopic (exact) mass is 656 g/mol. The molecule has 2 heterocycles. The van der Waals surface area contributed by atoms with E-state index < -0.39 is 34.1 Å². The van der Waals surface area contributed by atoms with Crippen LogP contribution in [0.15, 0.2) is 46.9 Å². The number of hydrogen-bond donors (Lipinski definition) is 0. The number of carbonyl (C=O) groups is 1. The lowest BCUT2D eigenvalue weighted by molar-refractivity contribution is -0.388. The molecule has 0 spiro atoms. The molecule has 46 heavy (non-hydrogen) atoms. The zero-order valence-corrected chi connectivity index (χ0v) is 25.2. The number of piperazine rings is 1. The van der Waals surface area contributed by atoms with Gasteiger partial charge in [0.2, 0.25) is 5.91 Å². The fraction of sp³-hybridized carbons (Fsp3) is 0.516. The van der Waals surface area contributed by atoms with Crippen LogP contribution >= 0.6 is 0 Å². The summed E-state index contributed by atoms with van der Waals surface area (Å²) in [6.45, 7) is 3.83. The van der Waals surface area contributed by atoms with Crippen molar-refractivity contribution in [3.8, 4) is 0 Å². The normalized spacial score (nSPS) is 20.6. The van der Waals surface area contributed by atoms with E-state index in [-0.39, 0.29) is 36.4 Å². The molecule has 1 amide bonds. The first-order valence-corrected chi connectivity index (χ1v) is 14.9. The maximum absolute atomic E-state index is 13.4. The lowest BCUT2D eigenvalue weighted by Crippen LogP contribution is -2.50. The van der Waals surface area contributed by atoms with Gasteiger partial charge in [0.1, 0.15) is 23.5 Å². The standard InChI is InChI=1S/C31H34F6N4O5/c1-19(28-16-20-15-21(30(32,33)34)3-10-27(20)46-28)39-11-13-40(14-12-39)29(42)18-45-24-7-4-22(5-8-24)38(2)23-6-9-26(41(43)44)25(17-23)31(35,36)37/h3,6,9-10,15-17,19,22,24H,4-5,7-8,11-14,18H2,1-2H3/t19?,22-,24-. The summed E-state index contributed by atoms with van der Waals surface area (Å²) in [6, 6.07) is 7.73. The summed E-state index contributed by atoms with van der Waals surface area (Å²) >= 11 is 0. The van der Waals surface area contributed by atoms with Gasteiger partial charge in [-0.3, -0.25) is 19.8 Å². The molecule has 250 valence electrons. The number of alkyl halides is 6. The summed E-state index contributed by atoms with van der Waals surface area (Å²) in [4.78, 5) is 28.4. The number of nitrogens with zero attached hydrogens (tertiary/aromatic N) is 4. The molecule has 15 heteroatoms. The van der Waals surface area contributed by atoms with Crippen LogP contribution < -0.4 is 4.90 Å². The van der Waals surface area contributed by atoms with Crippen LogP contribution in [0.2, 0.25) is 0 Å². The first-order valence-electron chi connectivity index (χ1n) is 14.9. The zero-order chi connectivity index (χ0) is 33.4. The molecule has 1 saturated carbocycles. The van der Waals surface area contributed by atoms with Crippen molar-refractivity contribution in [1.82, 2.24) is 9.80 Å². The first kappa shape index (κ1) is 33.5. The highest BCUT2D eigenvalue weighted by Gasteiger charge is 2.39. The van der Waals surface area contributed by atoms with Gasteiger partial charge in [-0.05, 0) is 69.0 Å². The number of rotatable bonds is 8. The van der Waals surface area contributed by atoms with E-state index in [1.165, 1.54) is 12.1 Å². The van der Waals surface area contributed by atoms with E-state index in [9.17, 15) is 41.3 Å². The van der Waals surface area contributed by atoms with Crippen LogP contribution in [0.4, 0.5) is 37.7 Å². The second-order valence-corrected chi connectivity index (χ2v) is 11.8. The molecule has 0 radical (unpaired) electrons. The molecular weight excluding hydrogens is 622 g/mol. The number of benzene rings is 2. The summed E-state index contributed by atoms with van der Waals surface area (Å²) in [5.41, 5.74) is -2.39. The Morgan fingerprint density at radius 2 is 1.67 bits per heavy atom. The van der Waals surface area contributed by atoms with E-state index >= 15 is 0 Å². The number of ether oxygens (including phenoxy) is 1. The largest absolute Gasteiger partial charge is 0.459 e. The number of anilines is 1. The maximum atomic E-state index is 13.4. The molecule has 1 saturated heterocycles. The molecule has 1 aliphatic carbocycles. The van der Waals surface area contributed by atoms with Crippen molar-refractivity contribution in [2.45, 2.75) is 63.1 Å². The average Bonchev–Trinajstić information content (AvgIpc) is 3.46. The van der Waals surface area contributed by atoms with Gasteiger partial charge in [-0.15, -0.1) is 0 Å². The number of furan rings is 1. The summed E-state index contributed by atoms with van der Waals surface area (Å²) in [7, 11) is 1.66. The Labute approximate surface area is 260 Å². The lowest BCUT2D eigenvalue weighted by atomic mass is 9.91. The van der Waals surface area contributed by atoms with Gasteiger partial charge in [0.05, 0.1) is 22.6 Å². The molecule has 1 atom stereocenters. The summed E-state index contributed by atoms with van der Waals surface area (Å²) in [6.07, 6.45) is -7.03. The molecule has 1 aliphatic heterocycles. The van der Waals surface area contributed by atoms with Gasteiger partial charge in [-0.2, -0.15) is 26.3 Å². The number of nitro benzene ring substituents is 1. The topological polar surface area (TPSA) is 92.3 Å². The second kappa shape index (κ2) is 13.1. The van der Waals surface area contributed by atoms with Crippen LogP contribution in [0.3, 0.4) is 0 Å². The van der Waals surface area contributed by atoms with E-state index in [2.05, 4.69) is 4.90 Å². The minimum atomic E-state index is -4.86. The fourth-order valence-electron chi connectivity index (χ4n) is 6.20. The Balaban J connectivity index is 1.07. The highest BCUT2D eigenvalue weighted by molar-refractivity contribution is 5.79. The van der Waals surface area contributed by atoms with Gasteiger partial charge >= 0.3 is 12.4 Å². The van der Waals surface area contributed by atoms with E-state index in [0.29, 0.717) is 68.6 Å². The third-order valence-corrected chi connectivity index (χ3v) is 9.01. The SMILES string of the molecule is CC(c1cc2cc(C(F)(F)F)ccc2o1)N1CCN(C(=O)CO[C@H]2CC[C@H](N(C)c3ccc([N+](=O)[O-])c(C(F)(F)F)c3)CC2)CC1. The quantitative estimate of drug-likeness (QED) is 0.146. The number of halogens is 6. The Hall–Kier alpha value is -3.85. The number of amides is 1. The van der Waals surface area contributed by atoms with Crippen LogP contribution in [-0.2, 0) is 21.9 Å². The second-order valence-electron chi connectivity index (χ2n) is 11.8. The zero-order valence-electron chi connectivity index (χ0n) is 25.2. The third kappa shape index (κ3) is 7.41. The lowest BCUT2D eigenvalue weighted by Gasteiger charge is -2.38. The fourth-order valence-corrected chi connectivity index (χ4v) is 6.20. The minimum absolute atomic E-state index is 0.0911. The number of carbonyl (C=O) groups excluding carboxylic acids is 1. The smallest absolute Gasteiger partial charge is 0.423 e. The molecule has 9 nitrogen and oxygen atoms in total. The molecule has 2 aliphatic rings. The van der Waals surface area contributed by atoms with Crippen molar-refractivity contribution in [2.24, 2.45) is 0 Å². The van der Waals surface area contributed by atoms with Crippen molar-refractivity contribution in [2.75, 3.05) is 44.7 Å². The van der Waals surface area contributed by atoms with Crippen molar-refractivity contribution in [1.29, 1.82) is 0 Å². The Kier molecular flexibility index (Phi) is 9.55. The van der Waals surface area contributed by atoms with Crippen LogP contribution in [-0.4, -0.2) is 72.6 Å². The summed E-state index contributed by atoms with van der Waals surface area (Å²) < 4.78 is 91.3. The summed E-state index contributed by atoms with van der Waals surface area (Å²) in [5, 5.41) is 11.5. The van der Waals surface area contributed by atoms with Crippen LogP contribution in [0.25, 0.3) is 11.0 Å². The molecule has 0 bridgehead atoms. The van der Waals surface area contributed by atoms with Gasteiger partial charge in [-0.25, -0.2) is 0 Å². The van der Waals surface area contributed by atoms with E-state index in [1.54, 1.807) is 22.9 Å². The average molecular weight is 657 g/mol. The predicted molar refractivity (Wildman–Crippen MR) is 156 cm³/mol. The number of nitro groups is 1. The molecule has 0 N–H and O–H groups in total. The minimum Gasteiger partial charge on any atom is -0.459 e. The van der Waals surface area contributed by atoms with Crippen LogP contribution in [0.5, 0.6) is 0 Å². The van der Waals surface area contributed by atoms with E-state index in [1.807, 2.05) is 6.92 Å². The van der Waals surface area contributed by atoms with E-state index in [4.69, 9.17) is 9.15 Å². The molecule has 1 aromatic heterocycles. The molecular formula is C31H34F6N4O5. The Morgan fingerprint density at radius 3 is 2.28 bits per heavy atom. The van der Waals surface area contributed by atoms with Crippen LogP contribution in [0.1, 0.15) is 55.5 Å². The molecule has 5 rings (SSSR count). The first-order chi connectivity index (χ1) is 21.6. The number of hydrogen-bond acceptors (Lipinski definition) is 7. The van der Waals surface area contributed by atoms with Gasteiger partial charge < -0.3 is 19.0 Å². The van der Waals surface area contributed by atoms with Gasteiger partial charge in [0.25, 0.3) is 5.69 Å². The maximum Gasteiger partial charge on any atom is 0.423 e. The van der Waals surface area contributed by atoms with E-state index in [0.717, 1.165) is 24.3 Å². The molecule has 2 aromatic carbocycles. The van der Waals surface area contributed by atoms with Crippen LogP contribution in [0, 0.1) is 10.1 Å².